The van der Waals surface area contributed by atoms with Crippen LogP contribution >= 0.6 is 46.4 Å². The number of aliphatic imine (C=N–C) groups is 2. The minimum absolute atomic E-state index is 0. The predicted molar refractivity (Wildman–Crippen MR) is 147 cm³/mol. The van der Waals surface area contributed by atoms with Crippen LogP contribution in [0.15, 0.2) is 94.9 Å². The Balaban J connectivity index is 0.000000253. The Labute approximate surface area is 246 Å². The zero-order chi connectivity index (χ0) is 25.9. The monoisotopic (exact) mass is 619 g/mol. The third kappa shape index (κ3) is 10.1. The van der Waals surface area contributed by atoms with Gasteiger partial charge in [-0.3, -0.25) is 9.98 Å². The van der Waals surface area contributed by atoms with Crippen molar-refractivity contribution in [2.45, 2.75) is 13.1 Å². The van der Waals surface area contributed by atoms with E-state index < -0.39 is 0 Å². The largest absolute Gasteiger partial charge is 2.00 e. The molecular weight excluding hydrogens is 602 g/mol. The van der Waals surface area contributed by atoms with E-state index in [0.29, 0.717) is 34.3 Å². The summed E-state index contributed by atoms with van der Waals surface area (Å²) in [6.07, 6.45) is 3.01. The smallest absolute Gasteiger partial charge is 0.871 e. The molecule has 0 atom stereocenters. The second-order valence-electron chi connectivity index (χ2n) is 7.52. The van der Waals surface area contributed by atoms with Crippen LogP contribution in [0.1, 0.15) is 22.3 Å². The van der Waals surface area contributed by atoms with E-state index >= 15 is 0 Å². The van der Waals surface area contributed by atoms with E-state index in [4.69, 9.17) is 46.4 Å². The summed E-state index contributed by atoms with van der Waals surface area (Å²) in [5, 5.41) is 24.5. The molecule has 0 unspecified atom stereocenters. The van der Waals surface area contributed by atoms with E-state index in [-0.39, 0.29) is 38.6 Å². The van der Waals surface area contributed by atoms with Gasteiger partial charge in [0.2, 0.25) is 0 Å². The van der Waals surface area contributed by atoms with Crippen LogP contribution in [0.5, 0.6) is 11.5 Å². The third-order valence-corrected chi connectivity index (χ3v) is 5.77. The van der Waals surface area contributed by atoms with Crippen molar-refractivity contribution in [3.05, 3.63) is 127 Å². The predicted octanol–water partition coefficient (Wildman–Crippen LogP) is 7.37. The van der Waals surface area contributed by atoms with Gasteiger partial charge in [0.25, 0.3) is 0 Å². The molecule has 0 bridgehead atoms. The summed E-state index contributed by atoms with van der Waals surface area (Å²) in [6.45, 7) is 1.04. The van der Waals surface area contributed by atoms with E-state index in [0.717, 1.165) is 11.1 Å². The van der Waals surface area contributed by atoms with Crippen LogP contribution in [0.2, 0.25) is 20.1 Å². The quantitative estimate of drug-likeness (QED) is 0.167. The fourth-order valence-electron chi connectivity index (χ4n) is 3.02. The fourth-order valence-corrected chi connectivity index (χ4v) is 4.04. The second kappa shape index (κ2) is 15.7. The molecule has 0 aliphatic heterocycles. The molecule has 4 aromatic carbocycles. The summed E-state index contributed by atoms with van der Waals surface area (Å²) in [6, 6.07) is 25.5. The van der Waals surface area contributed by atoms with Gasteiger partial charge in [0.1, 0.15) is 0 Å². The van der Waals surface area contributed by atoms with E-state index in [1.165, 1.54) is 24.6 Å². The van der Waals surface area contributed by atoms with Gasteiger partial charge >= 0.3 is 17.1 Å². The van der Waals surface area contributed by atoms with Crippen molar-refractivity contribution >= 4 is 58.8 Å². The summed E-state index contributed by atoms with van der Waals surface area (Å²) >= 11 is 23.2. The standard InChI is InChI=1S/2C14H11Cl2NO.Cu/c2*15-12-6-11(14(18)13(16)7-12)9-17-8-10-4-2-1-3-5-10;/h2*1-7,9,18H,8H2;/q;;+2/p-2. The molecule has 0 aliphatic rings. The molecule has 0 aromatic heterocycles. The first-order valence-corrected chi connectivity index (χ1v) is 12.2. The number of halogens is 4. The van der Waals surface area contributed by atoms with Crippen LogP contribution in [-0.4, -0.2) is 12.4 Å². The Morgan fingerprint density at radius 3 is 1.27 bits per heavy atom. The van der Waals surface area contributed by atoms with Crippen LogP contribution in [0.3, 0.4) is 0 Å². The van der Waals surface area contributed by atoms with Crippen molar-refractivity contribution in [1.82, 2.24) is 0 Å². The van der Waals surface area contributed by atoms with Crippen LogP contribution in [-0.2, 0) is 30.2 Å². The average Bonchev–Trinajstić information content (AvgIpc) is 2.87. The minimum atomic E-state index is -0.252. The Morgan fingerprint density at radius 1 is 0.568 bits per heavy atom. The molecule has 37 heavy (non-hydrogen) atoms. The van der Waals surface area contributed by atoms with Gasteiger partial charge in [-0.1, -0.05) is 119 Å². The van der Waals surface area contributed by atoms with Gasteiger partial charge in [0, 0.05) is 32.5 Å². The van der Waals surface area contributed by atoms with Crippen LogP contribution in [0.25, 0.3) is 0 Å². The van der Waals surface area contributed by atoms with E-state index in [9.17, 15) is 10.2 Å². The molecule has 9 heteroatoms. The summed E-state index contributed by atoms with van der Waals surface area (Å²) in [5.74, 6) is -0.504. The number of nitrogens with zero attached hydrogens (tertiary/aromatic N) is 2. The Bertz CT molecular complexity index is 1250. The van der Waals surface area contributed by atoms with Gasteiger partial charge in [-0.05, 0) is 46.5 Å². The van der Waals surface area contributed by atoms with Crippen molar-refractivity contribution in [1.29, 1.82) is 0 Å². The number of benzene rings is 4. The van der Waals surface area contributed by atoms with Gasteiger partial charge in [0.05, 0.1) is 13.1 Å². The molecule has 0 fully saturated rings. The van der Waals surface area contributed by atoms with Crippen molar-refractivity contribution in [2.24, 2.45) is 9.98 Å². The first kappa shape index (κ1) is 30.7. The Kier molecular flexibility index (Phi) is 13.0. The summed E-state index contributed by atoms with van der Waals surface area (Å²) in [7, 11) is 0. The maximum absolute atomic E-state index is 11.7. The molecule has 0 amide bonds. The number of hydrogen-bond donors (Lipinski definition) is 0. The van der Waals surface area contributed by atoms with Gasteiger partial charge in [-0.25, -0.2) is 0 Å². The average molecular weight is 622 g/mol. The molecule has 0 heterocycles. The van der Waals surface area contributed by atoms with E-state index in [1.807, 2.05) is 60.7 Å². The second-order valence-corrected chi connectivity index (χ2v) is 9.21. The van der Waals surface area contributed by atoms with Crippen molar-refractivity contribution in [3.8, 4) is 11.5 Å². The topological polar surface area (TPSA) is 70.8 Å². The van der Waals surface area contributed by atoms with E-state index in [2.05, 4.69) is 9.98 Å². The summed E-state index contributed by atoms with van der Waals surface area (Å²) in [4.78, 5) is 8.43. The molecule has 0 spiro atoms. The Hall–Kier alpha value is -2.50. The van der Waals surface area contributed by atoms with Gasteiger partial charge < -0.3 is 10.2 Å². The van der Waals surface area contributed by atoms with Gasteiger partial charge in [-0.15, -0.1) is 0 Å². The molecule has 4 aromatic rings. The third-order valence-electron chi connectivity index (χ3n) is 4.77. The van der Waals surface area contributed by atoms with Crippen molar-refractivity contribution in [3.63, 3.8) is 0 Å². The normalized spacial score (nSPS) is 10.7. The van der Waals surface area contributed by atoms with E-state index in [1.54, 1.807) is 12.1 Å². The zero-order valence-electron chi connectivity index (χ0n) is 19.2. The maximum Gasteiger partial charge on any atom is 2.00 e. The van der Waals surface area contributed by atoms with Gasteiger partial charge in [0.15, 0.2) is 0 Å². The molecule has 0 N–H and O–H groups in total. The summed E-state index contributed by atoms with van der Waals surface area (Å²) in [5.41, 5.74) is 2.97. The minimum Gasteiger partial charge on any atom is -0.871 e. The van der Waals surface area contributed by atoms with Crippen molar-refractivity contribution in [2.75, 3.05) is 0 Å². The van der Waals surface area contributed by atoms with Crippen molar-refractivity contribution < 1.29 is 27.3 Å². The molecule has 4 rings (SSSR count). The molecule has 193 valence electrons. The Morgan fingerprint density at radius 2 is 0.919 bits per heavy atom. The summed E-state index contributed by atoms with van der Waals surface area (Å²) < 4.78 is 0. The molecule has 0 saturated heterocycles. The van der Waals surface area contributed by atoms with Crippen LogP contribution in [0.4, 0.5) is 0 Å². The van der Waals surface area contributed by atoms with Gasteiger partial charge in [-0.2, -0.15) is 0 Å². The first-order chi connectivity index (χ1) is 17.3. The molecular formula is C28H20Cl4CuN2O2. The molecule has 4 nitrogen and oxygen atoms in total. The molecule has 1 radical (unpaired) electrons. The zero-order valence-corrected chi connectivity index (χ0v) is 23.1. The maximum atomic E-state index is 11.7. The molecule has 0 saturated carbocycles. The van der Waals surface area contributed by atoms with Crippen LogP contribution < -0.4 is 10.2 Å². The first-order valence-electron chi connectivity index (χ1n) is 10.7. The SMILES string of the molecule is [Cu+2].[O-]c1c(Cl)cc(Cl)cc1C=NCc1ccccc1.[O-]c1c(Cl)cc(Cl)cc1C=NCc1ccccc1. The number of rotatable bonds is 6. The number of hydrogen-bond acceptors (Lipinski definition) is 4. The molecule has 0 aliphatic carbocycles. The van der Waals surface area contributed by atoms with Crippen LogP contribution in [0, 0.1) is 0 Å². The fraction of sp³-hybridized carbons (Fsp3) is 0.0714.